The van der Waals surface area contributed by atoms with Gasteiger partial charge in [0.15, 0.2) is 0 Å². The zero-order valence-electron chi connectivity index (χ0n) is 6.35. The van der Waals surface area contributed by atoms with E-state index in [9.17, 15) is 0 Å². The fourth-order valence-electron chi connectivity index (χ4n) is 0. The van der Waals surface area contributed by atoms with E-state index in [2.05, 4.69) is 0 Å². The zero-order chi connectivity index (χ0) is 7.91. The van der Waals surface area contributed by atoms with Crippen molar-refractivity contribution in [3.8, 4) is 0 Å². The average Bonchev–Trinajstić information content (AvgIpc) is 1.61. The Morgan fingerprint density at radius 1 is 1.00 bits per heavy atom. The van der Waals surface area contributed by atoms with Gasteiger partial charge >= 0.3 is 103 Å². The summed E-state index contributed by atoms with van der Waals surface area (Å²) in [5.74, 6) is 0. The number of hydrogen-bond donors (Lipinski definition) is 2. The van der Waals surface area contributed by atoms with E-state index in [1.165, 1.54) is 0 Å². The van der Waals surface area contributed by atoms with Gasteiger partial charge in [0.25, 0.3) is 0 Å². The predicted octanol–water partition coefficient (Wildman–Crippen LogP) is -8.36. The van der Waals surface area contributed by atoms with Crippen LogP contribution in [0.2, 0.25) is 0 Å². The van der Waals surface area contributed by atoms with Crippen LogP contribution in [0, 0.1) is 0 Å². The van der Waals surface area contributed by atoms with Crippen LogP contribution in [0.1, 0.15) is 0 Å². The standard InChI is InChI=1S/C2H6O2.2K.H2O4S/c3-1-2-4;;;1-5(2,3)4/h3-4H,1-2H2;;;(H2,1,2,3,4)/q;2*+1;/p-2. The molecule has 2 N–H and O–H groups in total. The van der Waals surface area contributed by atoms with Gasteiger partial charge in [-0.05, 0) is 0 Å². The van der Waals surface area contributed by atoms with Crippen LogP contribution in [0.15, 0.2) is 0 Å². The SMILES string of the molecule is O=S(=O)([O-])[O-].OCCO.[K+].[K+]. The van der Waals surface area contributed by atoms with Crippen LogP contribution in [0.3, 0.4) is 0 Å². The third-order valence-corrected chi connectivity index (χ3v) is 0.1000. The fraction of sp³-hybridized carbons (Fsp3) is 1.00. The summed E-state index contributed by atoms with van der Waals surface area (Å²) in [4.78, 5) is 0. The minimum atomic E-state index is -5.17. The number of hydrogen-bond acceptors (Lipinski definition) is 6. The molecule has 0 unspecified atom stereocenters. The van der Waals surface area contributed by atoms with Gasteiger partial charge in [0.1, 0.15) is 0 Å². The van der Waals surface area contributed by atoms with E-state index in [0.29, 0.717) is 0 Å². The Bertz CT molecular complexity index is 122. The Kier molecular flexibility index (Phi) is 33.5. The molecule has 0 aromatic carbocycles. The van der Waals surface area contributed by atoms with Gasteiger partial charge in [0.2, 0.25) is 0 Å². The summed E-state index contributed by atoms with van der Waals surface area (Å²) in [7, 11) is -5.17. The van der Waals surface area contributed by atoms with Crippen LogP contribution in [-0.4, -0.2) is 41.0 Å². The minimum absolute atomic E-state index is 0. The molecule has 0 aliphatic heterocycles. The summed E-state index contributed by atoms with van der Waals surface area (Å²) in [5.41, 5.74) is 0. The molecule has 0 aromatic heterocycles. The summed E-state index contributed by atoms with van der Waals surface area (Å²) in [6, 6.07) is 0. The third kappa shape index (κ3) is 96.9. The maximum Gasteiger partial charge on any atom is 1.00 e. The first kappa shape index (κ1) is 23.7. The van der Waals surface area contributed by atoms with E-state index in [4.69, 9.17) is 27.7 Å². The molecule has 0 bridgehead atoms. The molecule has 0 aliphatic rings. The van der Waals surface area contributed by atoms with E-state index in [0.717, 1.165) is 0 Å². The van der Waals surface area contributed by atoms with Crippen LogP contribution in [0.5, 0.6) is 0 Å². The maximum absolute atomic E-state index is 8.52. The fourth-order valence-corrected chi connectivity index (χ4v) is 0. The Labute approximate surface area is 150 Å². The number of aliphatic hydroxyl groups excluding tert-OH is 2. The van der Waals surface area contributed by atoms with Gasteiger partial charge in [-0.3, -0.25) is 8.42 Å². The van der Waals surface area contributed by atoms with Gasteiger partial charge in [-0.2, -0.15) is 0 Å². The van der Waals surface area contributed by atoms with Crippen molar-refractivity contribution in [2.45, 2.75) is 0 Å². The van der Waals surface area contributed by atoms with Crippen molar-refractivity contribution >= 4 is 10.4 Å². The van der Waals surface area contributed by atoms with Crippen molar-refractivity contribution in [2.24, 2.45) is 0 Å². The third-order valence-electron chi connectivity index (χ3n) is 0.1000. The number of aliphatic hydroxyl groups is 2. The topological polar surface area (TPSA) is 121 Å². The van der Waals surface area contributed by atoms with Gasteiger partial charge in [-0.15, -0.1) is 0 Å². The summed E-state index contributed by atoms with van der Waals surface area (Å²) in [6.07, 6.45) is 0. The second-order valence-corrected chi connectivity index (χ2v) is 1.67. The van der Waals surface area contributed by atoms with Gasteiger partial charge < -0.3 is 19.3 Å². The Balaban J connectivity index is -0.0000000383. The molecule has 11 heavy (non-hydrogen) atoms. The first-order chi connectivity index (χ1) is 3.91. The van der Waals surface area contributed by atoms with Gasteiger partial charge in [0, 0.05) is 10.4 Å². The molecule has 0 saturated carbocycles. The first-order valence-corrected chi connectivity index (χ1v) is 3.13. The van der Waals surface area contributed by atoms with Crippen LogP contribution < -0.4 is 103 Å². The number of rotatable bonds is 1. The molecule has 6 nitrogen and oxygen atoms in total. The minimum Gasteiger partial charge on any atom is -0.759 e. The Morgan fingerprint density at radius 2 is 1.09 bits per heavy atom. The molecule has 0 atom stereocenters. The molecule has 0 heterocycles. The molecular weight excluding hydrogens is 230 g/mol. The van der Waals surface area contributed by atoms with Crippen molar-refractivity contribution in [2.75, 3.05) is 13.2 Å². The van der Waals surface area contributed by atoms with Crippen LogP contribution >= 0.6 is 0 Å². The monoisotopic (exact) mass is 236 g/mol. The quantitative estimate of drug-likeness (QED) is 0.265. The molecule has 0 rings (SSSR count). The van der Waals surface area contributed by atoms with E-state index < -0.39 is 10.4 Å². The Morgan fingerprint density at radius 3 is 1.09 bits per heavy atom. The maximum atomic E-state index is 8.52. The molecular formula is C2H6K2O6S. The zero-order valence-corrected chi connectivity index (χ0v) is 13.4. The molecule has 0 aliphatic carbocycles. The molecule has 0 aromatic rings. The second kappa shape index (κ2) is 15.5. The van der Waals surface area contributed by atoms with E-state index >= 15 is 0 Å². The van der Waals surface area contributed by atoms with E-state index in [1.54, 1.807) is 0 Å². The molecule has 0 amide bonds. The molecule has 0 spiro atoms. The smallest absolute Gasteiger partial charge is 0.759 e. The van der Waals surface area contributed by atoms with Gasteiger partial charge in [-0.25, -0.2) is 0 Å². The molecule has 9 heteroatoms. The van der Waals surface area contributed by atoms with E-state index in [-0.39, 0.29) is 116 Å². The van der Waals surface area contributed by atoms with E-state index in [1.807, 2.05) is 0 Å². The van der Waals surface area contributed by atoms with Crippen LogP contribution in [0.25, 0.3) is 0 Å². The van der Waals surface area contributed by atoms with Gasteiger partial charge in [-0.1, -0.05) is 0 Å². The predicted molar refractivity (Wildman–Crippen MR) is 24.6 cm³/mol. The summed E-state index contributed by atoms with van der Waals surface area (Å²) < 4.78 is 34.1. The normalized spacial score (nSPS) is 8.00. The Hall–Kier alpha value is 3.06. The summed E-state index contributed by atoms with van der Waals surface area (Å²) in [5, 5.41) is 15.2. The second-order valence-electron chi connectivity index (χ2n) is 0.855. The molecule has 0 radical (unpaired) electrons. The average molecular weight is 236 g/mol. The van der Waals surface area contributed by atoms with Crippen molar-refractivity contribution < 1.29 is 131 Å². The van der Waals surface area contributed by atoms with Crippen LogP contribution in [-0.2, 0) is 10.4 Å². The largest absolute Gasteiger partial charge is 1.00 e. The van der Waals surface area contributed by atoms with Crippen LogP contribution in [0.4, 0.5) is 0 Å². The van der Waals surface area contributed by atoms with Crippen molar-refractivity contribution in [3.05, 3.63) is 0 Å². The molecule has 0 fully saturated rings. The first-order valence-electron chi connectivity index (χ1n) is 1.80. The van der Waals surface area contributed by atoms with Crippen molar-refractivity contribution in [1.29, 1.82) is 0 Å². The van der Waals surface area contributed by atoms with Crippen molar-refractivity contribution in [1.82, 2.24) is 0 Å². The molecule has 0 saturated heterocycles. The van der Waals surface area contributed by atoms with Gasteiger partial charge in [0.05, 0.1) is 13.2 Å². The summed E-state index contributed by atoms with van der Waals surface area (Å²) >= 11 is 0. The van der Waals surface area contributed by atoms with Crippen molar-refractivity contribution in [3.63, 3.8) is 0 Å². The molecule has 58 valence electrons. The summed E-state index contributed by atoms with van der Waals surface area (Å²) in [6.45, 7) is -0.250.